The lowest BCUT2D eigenvalue weighted by Crippen LogP contribution is -2.48. The molecule has 4 bridgehead atoms. The Hall–Kier alpha value is -1.79. The first-order valence-electron chi connectivity index (χ1n) is 13.6. The van der Waals surface area contributed by atoms with E-state index in [1.54, 1.807) is 0 Å². The molecule has 2 aliphatic heterocycles. The molecule has 6 aliphatic rings. The van der Waals surface area contributed by atoms with Crippen molar-refractivity contribution in [3.05, 3.63) is 23.8 Å². The molecule has 1 aromatic rings. The normalized spacial score (nSPS) is 32.7. The van der Waals surface area contributed by atoms with Gasteiger partial charge >= 0.3 is 0 Å². The van der Waals surface area contributed by atoms with Crippen LogP contribution < -0.4 is 14.8 Å². The molecular formula is C29H44N2O4. The lowest BCUT2D eigenvalue weighted by Gasteiger charge is -2.57. The van der Waals surface area contributed by atoms with E-state index in [0.717, 1.165) is 48.6 Å². The molecule has 0 unspecified atom stereocenters. The Morgan fingerprint density at radius 3 is 2.31 bits per heavy atom. The Morgan fingerprint density at radius 1 is 1.03 bits per heavy atom. The van der Waals surface area contributed by atoms with Gasteiger partial charge in [0, 0.05) is 13.0 Å². The Morgan fingerprint density at radius 2 is 1.66 bits per heavy atom. The number of benzene rings is 1. The molecule has 194 valence electrons. The molecule has 2 atom stereocenters. The second-order valence-corrected chi connectivity index (χ2v) is 11.9. The van der Waals surface area contributed by atoms with Crippen LogP contribution >= 0.6 is 0 Å². The molecule has 35 heavy (non-hydrogen) atoms. The van der Waals surface area contributed by atoms with Crippen molar-refractivity contribution in [2.75, 3.05) is 32.8 Å². The van der Waals surface area contributed by atoms with Crippen LogP contribution in [0.3, 0.4) is 0 Å². The fourth-order valence-electron chi connectivity index (χ4n) is 8.20. The number of fused-ring (bicyclic) bond motifs is 1. The van der Waals surface area contributed by atoms with E-state index in [1.165, 1.54) is 51.4 Å². The summed E-state index contributed by atoms with van der Waals surface area (Å²) in [5.41, 5.74) is 1.18. The van der Waals surface area contributed by atoms with Crippen LogP contribution in [0.4, 0.5) is 0 Å². The summed E-state index contributed by atoms with van der Waals surface area (Å²) in [5.74, 6) is 4.23. The van der Waals surface area contributed by atoms with Crippen molar-refractivity contribution >= 4 is 5.91 Å². The minimum absolute atomic E-state index is 0. The molecule has 1 aromatic carbocycles. The maximum atomic E-state index is 13.2. The van der Waals surface area contributed by atoms with Gasteiger partial charge in [0.05, 0.1) is 6.04 Å². The highest BCUT2D eigenvalue weighted by molar-refractivity contribution is 5.76. The minimum Gasteiger partial charge on any atom is -0.486 e. The van der Waals surface area contributed by atoms with Gasteiger partial charge in [-0.3, -0.25) is 4.79 Å². The molecule has 2 N–H and O–H groups in total. The van der Waals surface area contributed by atoms with Crippen LogP contribution in [-0.2, 0) is 4.79 Å². The summed E-state index contributed by atoms with van der Waals surface area (Å²) < 4.78 is 11.4. The van der Waals surface area contributed by atoms with Gasteiger partial charge in [-0.05, 0) is 112 Å². The predicted octanol–water partition coefficient (Wildman–Crippen LogP) is 4.70. The summed E-state index contributed by atoms with van der Waals surface area (Å²) in [6.45, 7) is 3.82. The highest BCUT2D eigenvalue weighted by Gasteiger charge is 2.50. The van der Waals surface area contributed by atoms with Crippen LogP contribution in [0.1, 0.15) is 83.3 Å². The number of carbonyl (C=O) groups is 1. The molecule has 1 saturated heterocycles. The largest absolute Gasteiger partial charge is 0.486 e. The average molecular weight is 485 g/mol. The van der Waals surface area contributed by atoms with Gasteiger partial charge in [0.15, 0.2) is 11.5 Å². The van der Waals surface area contributed by atoms with Crippen LogP contribution in [0.25, 0.3) is 0 Å². The highest BCUT2D eigenvalue weighted by Crippen LogP contribution is 2.61. The summed E-state index contributed by atoms with van der Waals surface area (Å²) >= 11 is 0. The Bertz CT molecular complexity index is 861. The smallest absolute Gasteiger partial charge is 0.220 e. The second-order valence-electron chi connectivity index (χ2n) is 11.9. The summed E-state index contributed by atoms with van der Waals surface area (Å²) in [7, 11) is 0. The number of nitrogens with one attached hydrogen (secondary N) is 1. The standard InChI is InChI=1S/C28H40N2O4.CH4/c31-26(5-6-28-15-19-11-20(16-28)13-21(12-19)17-28)29-23(18-30-7-1-2-8-30)27(32)22-3-4-24-25(14-22)34-10-9-33-24;/h3-4,14,19-21,23,27,32H,1-2,5-13,15-18H2,(H,29,31);1H4/t19?,20?,21?,23-,27-,28?;/m1./s1. The van der Waals surface area contributed by atoms with Crippen molar-refractivity contribution in [3.8, 4) is 11.5 Å². The van der Waals surface area contributed by atoms with E-state index in [2.05, 4.69) is 10.2 Å². The molecular weight excluding hydrogens is 440 g/mol. The Kier molecular flexibility index (Phi) is 7.32. The second kappa shape index (κ2) is 10.3. The van der Waals surface area contributed by atoms with Gasteiger partial charge in [0.2, 0.25) is 5.91 Å². The lowest BCUT2D eigenvalue weighted by molar-refractivity contribution is -0.125. The molecule has 5 fully saturated rings. The Balaban J connectivity index is 0.00000253. The average Bonchev–Trinajstić information content (AvgIpc) is 3.34. The van der Waals surface area contributed by atoms with E-state index in [9.17, 15) is 9.90 Å². The first-order valence-corrected chi connectivity index (χ1v) is 13.6. The van der Waals surface area contributed by atoms with E-state index in [1.807, 2.05) is 18.2 Å². The molecule has 4 saturated carbocycles. The van der Waals surface area contributed by atoms with Crippen LogP contribution in [0.15, 0.2) is 18.2 Å². The zero-order valence-corrected chi connectivity index (χ0v) is 20.3. The zero-order valence-electron chi connectivity index (χ0n) is 20.3. The predicted molar refractivity (Wildman–Crippen MR) is 137 cm³/mol. The van der Waals surface area contributed by atoms with Crippen molar-refractivity contribution in [1.29, 1.82) is 0 Å². The number of amides is 1. The van der Waals surface area contributed by atoms with Crippen LogP contribution in [0.5, 0.6) is 11.5 Å². The molecule has 1 amide bonds. The monoisotopic (exact) mass is 484 g/mol. The van der Waals surface area contributed by atoms with Crippen molar-refractivity contribution in [1.82, 2.24) is 10.2 Å². The van der Waals surface area contributed by atoms with E-state index < -0.39 is 6.10 Å². The molecule has 0 spiro atoms. The third-order valence-corrected chi connectivity index (χ3v) is 9.34. The number of hydrogen-bond acceptors (Lipinski definition) is 5. The number of nitrogens with zero attached hydrogens (tertiary/aromatic N) is 1. The number of aliphatic hydroxyl groups excluding tert-OH is 1. The van der Waals surface area contributed by atoms with Gasteiger partial charge in [-0.25, -0.2) is 0 Å². The zero-order chi connectivity index (χ0) is 23.1. The molecule has 2 heterocycles. The first-order chi connectivity index (χ1) is 16.6. The third-order valence-electron chi connectivity index (χ3n) is 9.34. The summed E-state index contributed by atoms with van der Waals surface area (Å²) in [6, 6.07) is 5.31. The SMILES string of the molecule is C.O=C(CCC12CC3CC(CC(C3)C1)C2)N[C@H](CN1CCCC1)[C@H](O)c1ccc2c(c1)OCCO2. The fraction of sp³-hybridized carbons (Fsp3) is 0.759. The number of likely N-dealkylation sites (tertiary alicyclic amines) is 1. The van der Waals surface area contributed by atoms with Crippen molar-refractivity contribution in [2.45, 2.75) is 83.8 Å². The number of hydrogen-bond donors (Lipinski definition) is 2. The summed E-state index contributed by atoms with van der Waals surface area (Å²) in [6.07, 6.45) is 11.5. The van der Waals surface area contributed by atoms with Crippen molar-refractivity contribution < 1.29 is 19.4 Å². The molecule has 6 heteroatoms. The lowest BCUT2D eigenvalue weighted by atomic mass is 9.48. The maximum Gasteiger partial charge on any atom is 0.220 e. The Labute approximate surface area is 210 Å². The maximum absolute atomic E-state index is 13.2. The van der Waals surface area contributed by atoms with Crippen molar-refractivity contribution in [3.63, 3.8) is 0 Å². The topological polar surface area (TPSA) is 71.0 Å². The fourth-order valence-corrected chi connectivity index (χ4v) is 8.20. The van der Waals surface area contributed by atoms with E-state index >= 15 is 0 Å². The molecule has 0 aromatic heterocycles. The molecule has 7 rings (SSSR count). The minimum atomic E-state index is -0.778. The van der Waals surface area contributed by atoms with Gasteiger partial charge in [-0.1, -0.05) is 13.5 Å². The van der Waals surface area contributed by atoms with Gasteiger partial charge in [0.25, 0.3) is 0 Å². The van der Waals surface area contributed by atoms with E-state index in [-0.39, 0.29) is 19.4 Å². The van der Waals surface area contributed by atoms with Crippen molar-refractivity contribution in [2.24, 2.45) is 23.2 Å². The van der Waals surface area contributed by atoms with Crippen LogP contribution in [-0.4, -0.2) is 54.8 Å². The van der Waals surface area contributed by atoms with Gasteiger partial charge in [-0.2, -0.15) is 0 Å². The van der Waals surface area contributed by atoms with Crippen LogP contribution in [0.2, 0.25) is 0 Å². The number of aliphatic hydroxyl groups is 1. The number of rotatable bonds is 8. The van der Waals surface area contributed by atoms with Gasteiger partial charge in [0.1, 0.15) is 19.3 Å². The highest BCUT2D eigenvalue weighted by atomic mass is 16.6. The number of ether oxygens (including phenoxy) is 2. The quantitative estimate of drug-likeness (QED) is 0.559. The number of carbonyl (C=O) groups excluding carboxylic acids is 1. The third kappa shape index (κ3) is 5.34. The first kappa shape index (κ1) is 24.9. The summed E-state index contributed by atoms with van der Waals surface area (Å²) in [4.78, 5) is 15.6. The molecule has 4 aliphatic carbocycles. The van der Waals surface area contributed by atoms with Crippen LogP contribution in [0, 0.1) is 23.2 Å². The molecule has 0 radical (unpaired) electrons. The van der Waals surface area contributed by atoms with E-state index in [0.29, 0.717) is 37.3 Å². The summed E-state index contributed by atoms with van der Waals surface area (Å²) in [5, 5.41) is 14.6. The van der Waals surface area contributed by atoms with Gasteiger partial charge < -0.3 is 24.8 Å². The van der Waals surface area contributed by atoms with E-state index in [4.69, 9.17) is 9.47 Å². The molecule has 6 nitrogen and oxygen atoms in total. The van der Waals surface area contributed by atoms with Gasteiger partial charge in [-0.15, -0.1) is 0 Å².